The lowest BCUT2D eigenvalue weighted by Crippen LogP contribution is -2.47. The Morgan fingerprint density at radius 3 is 2.83 bits per heavy atom. The van der Waals surface area contributed by atoms with Crippen LogP contribution in [-0.2, 0) is 11.2 Å². The molecule has 0 aromatic heterocycles. The molecule has 0 atom stereocenters. The molecule has 18 heavy (non-hydrogen) atoms. The molecule has 1 aromatic carbocycles. The third-order valence-corrected chi connectivity index (χ3v) is 3.49. The molecular formula is C14H20N2O2. The summed E-state index contributed by atoms with van der Waals surface area (Å²) >= 11 is 0. The first-order valence-electron chi connectivity index (χ1n) is 6.41. The highest BCUT2D eigenvalue weighted by atomic mass is 16.3. The van der Waals surface area contributed by atoms with Crippen LogP contribution in [0.4, 0.5) is 5.69 Å². The van der Waals surface area contributed by atoms with Crippen molar-refractivity contribution in [2.45, 2.75) is 37.7 Å². The molecule has 1 fully saturated rings. The molecule has 1 aliphatic carbocycles. The van der Waals surface area contributed by atoms with Crippen LogP contribution >= 0.6 is 0 Å². The molecule has 0 saturated heterocycles. The summed E-state index contributed by atoms with van der Waals surface area (Å²) in [5, 5.41) is 12.6. The number of nitrogen functional groups attached to an aromatic ring is 1. The number of hydrogen-bond donors (Lipinski definition) is 3. The van der Waals surface area contributed by atoms with E-state index in [0.717, 1.165) is 30.5 Å². The Labute approximate surface area is 107 Å². The number of nitrogens with two attached hydrogens (primary N) is 1. The van der Waals surface area contributed by atoms with Gasteiger partial charge in [0, 0.05) is 18.7 Å². The number of hydrogen-bond acceptors (Lipinski definition) is 3. The third kappa shape index (κ3) is 3.47. The molecule has 0 radical (unpaired) electrons. The van der Waals surface area contributed by atoms with Crippen LogP contribution in [0.5, 0.6) is 0 Å². The summed E-state index contributed by atoms with van der Waals surface area (Å²) in [6, 6.07) is 7.56. The first kappa shape index (κ1) is 12.9. The largest absolute Gasteiger partial charge is 0.399 e. The van der Waals surface area contributed by atoms with Gasteiger partial charge in [0.25, 0.3) is 0 Å². The van der Waals surface area contributed by atoms with Crippen LogP contribution in [0, 0.1) is 0 Å². The van der Waals surface area contributed by atoms with E-state index in [1.54, 1.807) is 0 Å². The monoisotopic (exact) mass is 248 g/mol. The zero-order valence-corrected chi connectivity index (χ0v) is 10.5. The Hall–Kier alpha value is -1.55. The summed E-state index contributed by atoms with van der Waals surface area (Å²) in [5.74, 6) is -0.0160. The molecule has 2 rings (SSSR count). The van der Waals surface area contributed by atoms with Gasteiger partial charge < -0.3 is 16.2 Å². The van der Waals surface area contributed by atoms with Crippen LogP contribution in [0.25, 0.3) is 0 Å². The minimum absolute atomic E-state index is 0.0160. The average Bonchev–Trinajstić information content (AvgIpc) is 2.31. The lowest BCUT2D eigenvalue weighted by Gasteiger charge is -2.36. The Balaban J connectivity index is 1.71. The summed E-state index contributed by atoms with van der Waals surface area (Å²) in [6.07, 6.45) is 3.75. The normalized spacial score (nSPS) is 16.9. The van der Waals surface area contributed by atoms with Gasteiger partial charge in [-0.25, -0.2) is 0 Å². The van der Waals surface area contributed by atoms with Gasteiger partial charge in [0.05, 0.1) is 5.60 Å². The smallest absolute Gasteiger partial charge is 0.220 e. The minimum Gasteiger partial charge on any atom is -0.399 e. The number of amides is 1. The van der Waals surface area contributed by atoms with E-state index in [2.05, 4.69) is 5.32 Å². The number of aliphatic hydroxyl groups is 1. The highest BCUT2D eigenvalue weighted by Gasteiger charge is 2.34. The topological polar surface area (TPSA) is 75.4 Å². The maximum atomic E-state index is 11.6. The lowest BCUT2D eigenvalue weighted by molar-refractivity contribution is -0.123. The second kappa shape index (κ2) is 5.40. The van der Waals surface area contributed by atoms with E-state index in [9.17, 15) is 9.90 Å². The van der Waals surface area contributed by atoms with Gasteiger partial charge in [-0.2, -0.15) is 0 Å². The third-order valence-electron chi connectivity index (χ3n) is 3.49. The number of benzene rings is 1. The summed E-state index contributed by atoms with van der Waals surface area (Å²) < 4.78 is 0. The molecule has 0 aliphatic heterocycles. The van der Waals surface area contributed by atoms with Crippen LogP contribution in [0.1, 0.15) is 31.2 Å². The Morgan fingerprint density at radius 2 is 2.22 bits per heavy atom. The molecule has 0 unspecified atom stereocenters. The fourth-order valence-corrected chi connectivity index (χ4v) is 2.12. The zero-order chi connectivity index (χ0) is 13.0. The van der Waals surface area contributed by atoms with Gasteiger partial charge in [0.15, 0.2) is 0 Å². The van der Waals surface area contributed by atoms with E-state index >= 15 is 0 Å². The molecule has 0 bridgehead atoms. The summed E-state index contributed by atoms with van der Waals surface area (Å²) in [6.45, 7) is 0.378. The van der Waals surface area contributed by atoms with E-state index < -0.39 is 5.60 Å². The molecule has 1 aromatic rings. The van der Waals surface area contributed by atoms with Gasteiger partial charge in [0.1, 0.15) is 0 Å². The van der Waals surface area contributed by atoms with Crippen molar-refractivity contribution in [1.29, 1.82) is 0 Å². The molecule has 1 aliphatic rings. The summed E-state index contributed by atoms with van der Waals surface area (Å²) in [4.78, 5) is 11.6. The Bertz CT molecular complexity index is 428. The van der Waals surface area contributed by atoms with E-state index in [-0.39, 0.29) is 5.91 Å². The fraction of sp³-hybridized carbons (Fsp3) is 0.500. The number of aryl methyl sites for hydroxylation is 1. The van der Waals surface area contributed by atoms with Gasteiger partial charge in [-0.3, -0.25) is 4.79 Å². The van der Waals surface area contributed by atoms with Crippen molar-refractivity contribution in [3.05, 3.63) is 29.8 Å². The van der Waals surface area contributed by atoms with Crippen molar-refractivity contribution in [2.75, 3.05) is 12.3 Å². The maximum absolute atomic E-state index is 11.6. The molecular weight excluding hydrogens is 228 g/mol. The fourth-order valence-electron chi connectivity index (χ4n) is 2.12. The first-order chi connectivity index (χ1) is 8.57. The summed E-state index contributed by atoms with van der Waals surface area (Å²) in [5.41, 5.74) is 6.81. The first-order valence-corrected chi connectivity index (χ1v) is 6.41. The standard InChI is InChI=1S/C14H20N2O2/c15-12-4-1-3-11(9-12)5-6-13(17)16-10-14(18)7-2-8-14/h1,3-4,9,18H,2,5-8,10,15H2,(H,16,17). The number of rotatable bonds is 5. The van der Waals surface area contributed by atoms with Crippen LogP contribution in [0.2, 0.25) is 0 Å². The molecule has 0 heterocycles. The van der Waals surface area contributed by atoms with Crippen LogP contribution < -0.4 is 11.1 Å². The number of carbonyl (C=O) groups excluding carboxylic acids is 1. The second-order valence-electron chi connectivity index (χ2n) is 5.10. The molecule has 0 spiro atoms. The minimum atomic E-state index is -0.646. The molecule has 4 N–H and O–H groups in total. The highest BCUT2D eigenvalue weighted by molar-refractivity contribution is 5.76. The van der Waals surface area contributed by atoms with Crippen LogP contribution in [0.15, 0.2) is 24.3 Å². The van der Waals surface area contributed by atoms with E-state index in [1.165, 1.54) is 0 Å². The van der Waals surface area contributed by atoms with Crippen molar-refractivity contribution in [3.63, 3.8) is 0 Å². The summed E-state index contributed by atoms with van der Waals surface area (Å²) in [7, 11) is 0. The van der Waals surface area contributed by atoms with E-state index in [4.69, 9.17) is 5.73 Å². The Morgan fingerprint density at radius 1 is 1.44 bits per heavy atom. The van der Waals surface area contributed by atoms with E-state index in [0.29, 0.717) is 19.4 Å². The van der Waals surface area contributed by atoms with Crippen molar-refractivity contribution >= 4 is 11.6 Å². The average molecular weight is 248 g/mol. The predicted molar refractivity (Wildman–Crippen MR) is 71.0 cm³/mol. The van der Waals surface area contributed by atoms with Crippen molar-refractivity contribution < 1.29 is 9.90 Å². The van der Waals surface area contributed by atoms with Gasteiger partial charge in [-0.1, -0.05) is 12.1 Å². The highest BCUT2D eigenvalue weighted by Crippen LogP contribution is 2.30. The number of carbonyl (C=O) groups is 1. The molecule has 98 valence electrons. The molecule has 1 amide bonds. The van der Waals surface area contributed by atoms with Crippen molar-refractivity contribution in [2.24, 2.45) is 0 Å². The second-order valence-corrected chi connectivity index (χ2v) is 5.10. The van der Waals surface area contributed by atoms with Crippen LogP contribution in [0.3, 0.4) is 0 Å². The Kier molecular flexibility index (Phi) is 3.87. The van der Waals surface area contributed by atoms with Gasteiger partial charge in [-0.15, -0.1) is 0 Å². The van der Waals surface area contributed by atoms with Gasteiger partial charge in [0.2, 0.25) is 5.91 Å². The SMILES string of the molecule is Nc1cccc(CCC(=O)NCC2(O)CCC2)c1. The molecule has 4 heteroatoms. The zero-order valence-electron chi connectivity index (χ0n) is 10.5. The molecule has 1 saturated carbocycles. The van der Waals surface area contributed by atoms with Gasteiger partial charge in [-0.05, 0) is 43.4 Å². The molecule has 4 nitrogen and oxygen atoms in total. The van der Waals surface area contributed by atoms with Crippen LogP contribution in [-0.4, -0.2) is 23.2 Å². The maximum Gasteiger partial charge on any atom is 0.220 e. The quantitative estimate of drug-likeness (QED) is 0.686. The van der Waals surface area contributed by atoms with E-state index in [1.807, 2.05) is 24.3 Å². The van der Waals surface area contributed by atoms with Crippen molar-refractivity contribution in [1.82, 2.24) is 5.32 Å². The van der Waals surface area contributed by atoms with Crippen molar-refractivity contribution in [3.8, 4) is 0 Å². The number of nitrogens with one attached hydrogen (secondary N) is 1. The lowest BCUT2D eigenvalue weighted by atomic mass is 9.80. The van der Waals surface area contributed by atoms with Gasteiger partial charge >= 0.3 is 0 Å². The number of anilines is 1. The predicted octanol–water partition coefficient (Wildman–Crippen LogP) is 1.23.